The highest BCUT2D eigenvalue weighted by atomic mass is 16.5. The summed E-state index contributed by atoms with van der Waals surface area (Å²) < 4.78 is 5.91. The van der Waals surface area contributed by atoms with Gasteiger partial charge in [0, 0.05) is 6.54 Å². The monoisotopic (exact) mass is 395 g/mol. The molecule has 0 saturated heterocycles. The summed E-state index contributed by atoms with van der Waals surface area (Å²) in [5.41, 5.74) is 1.83. The van der Waals surface area contributed by atoms with Crippen molar-refractivity contribution in [2.75, 3.05) is 18.5 Å². The van der Waals surface area contributed by atoms with Crippen LogP contribution in [0.15, 0.2) is 36.4 Å². The number of nitrogens with one attached hydrogen (secondary N) is 3. The molecule has 1 aromatic heterocycles. The number of carbonyl (C=O) groups is 1. The van der Waals surface area contributed by atoms with E-state index in [1.165, 1.54) is 4.90 Å². The van der Waals surface area contributed by atoms with E-state index in [0.717, 1.165) is 18.3 Å². The van der Waals surface area contributed by atoms with Gasteiger partial charge >= 0.3 is 0 Å². The van der Waals surface area contributed by atoms with Crippen molar-refractivity contribution in [3.05, 3.63) is 53.2 Å². The van der Waals surface area contributed by atoms with Gasteiger partial charge in [-0.15, -0.1) is 0 Å². The van der Waals surface area contributed by atoms with E-state index in [9.17, 15) is 4.79 Å². The minimum Gasteiger partial charge on any atom is -0.492 e. The zero-order valence-corrected chi connectivity index (χ0v) is 17.5. The van der Waals surface area contributed by atoms with E-state index in [1.54, 1.807) is 24.3 Å². The summed E-state index contributed by atoms with van der Waals surface area (Å²) in [5.74, 6) is 0.903. The van der Waals surface area contributed by atoms with Gasteiger partial charge in [0.15, 0.2) is 5.84 Å². The van der Waals surface area contributed by atoms with E-state index in [0.29, 0.717) is 36.0 Å². The maximum absolute atomic E-state index is 12.8. The van der Waals surface area contributed by atoms with Gasteiger partial charge in [0.2, 0.25) is 0 Å². The van der Waals surface area contributed by atoms with Crippen LogP contribution < -0.4 is 10.1 Å². The molecule has 0 fully saturated rings. The average Bonchev–Trinajstić information content (AvgIpc) is 2.74. The molecular formula is C22H29N5O2. The largest absolute Gasteiger partial charge is 0.492 e. The first-order chi connectivity index (χ1) is 14.0. The fraction of sp³-hybridized carbons (Fsp3) is 0.364. The summed E-state index contributed by atoms with van der Waals surface area (Å²) in [5, 5.41) is 18.7. The van der Waals surface area contributed by atoms with Gasteiger partial charge < -0.3 is 15.0 Å². The predicted octanol–water partition coefficient (Wildman–Crippen LogP) is 4.32. The van der Waals surface area contributed by atoms with Crippen molar-refractivity contribution in [2.45, 2.75) is 34.1 Å². The molecule has 0 radical (unpaired) electrons. The minimum atomic E-state index is -0.307. The molecule has 0 aliphatic carbocycles. The van der Waals surface area contributed by atoms with Crippen LogP contribution in [-0.4, -0.2) is 41.1 Å². The number of aromatic nitrogens is 1. The molecular weight excluding hydrogens is 366 g/mol. The van der Waals surface area contributed by atoms with Crippen LogP contribution in [0, 0.1) is 23.7 Å². The van der Waals surface area contributed by atoms with Gasteiger partial charge in [0.05, 0.1) is 18.5 Å². The molecule has 1 aromatic carbocycles. The molecule has 1 aliphatic rings. The van der Waals surface area contributed by atoms with Crippen molar-refractivity contribution in [3.8, 4) is 5.75 Å². The lowest BCUT2D eigenvalue weighted by molar-refractivity contribution is 0.102. The van der Waals surface area contributed by atoms with E-state index in [-0.39, 0.29) is 17.7 Å². The molecule has 1 aliphatic heterocycles. The highest BCUT2D eigenvalue weighted by Crippen LogP contribution is 2.23. The predicted molar refractivity (Wildman–Crippen MR) is 116 cm³/mol. The summed E-state index contributed by atoms with van der Waals surface area (Å²) in [6.07, 6.45) is 1.87. The number of pyridine rings is 1. The topological polar surface area (TPSA) is 102 Å². The third kappa shape index (κ3) is 5.63. The fourth-order valence-electron chi connectivity index (χ4n) is 2.83. The number of benzene rings is 1. The second kappa shape index (κ2) is 10.4. The Morgan fingerprint density at radius 3 is 2.76 bits per heavy atom. The molecule has 29 heavy (non-hydrogen) atoms. The minimum absolute atomic E-state index is 0.127. The van der Waals surface area contributed by atoms with Gasteiger partial charge in [-0.25, -0.2) is 4.98 Å². The van der Waals surface area contributed by atoms with Crippen molar-refractivity contribution < 1.29 is 9.53 Å². The van der Waals surface area contributed by atoms with Crippen LogP contribution in [0.25, 0.3) is 0 Å². The van der Waals surface area contributed by atoms with Crippen LogP contribution in [0.4, 0.5) is 5.82 Å². The zero-order valence-electron chi connectivity index (χ0n) is 17.5. The number of anilines is 1. The molecule has 2 aromatic rings. The molecule has 2 bridgehead atoms. The fourth-order valence-corrected chi connectivity index (χ4v) is 2.83. The Balaban J connectivity index is 0.00000145. The maximum atomic E-state index is 12.8. The number of carbonyl (C=O) groups excluding carboxylic acids is 1. The lowest BCUT2D eigenvalue weighted by atomic mass is 10.1. The molecule has 1 atom stereocenters. The van der Waals surface area contributed by atoms with Gasteiger partial charge in [-0.1, -0.05) is 38.5 Å². The van der Waals surface area contributed by atoms with Gasteiger partial charge in [-0.3, -0.25) is 15.6 Å². The van der Waals surface area contributed by atoms with Crippen LogP contribution in [-0.2, 0) is 0 Å². The van der Waals surface area contributed by atoms with Crippen molar-refractivity contribution in [1.29, 1.82) is 10.8 Å². The summed E-state index contributed by atoms with van der Waals surface area (Å²) >= 11 is 0. The van der Waals surface area contributed by atoms with Crippen molar-refractivity contribution in [3.63, 3.8) is 0 Å². The average molecular weight is 396 g/mol. The Hall–Kier alpha value is -3.22. The Kier molecular flexibility index (Phi) is 7.88. The Morgan fingerprint density at radius 1 is 1.28 bits per heavy atom. The van der Waals surface area contributed by atoms with Crippen molar-refractivity contribution >= 4 is 23.9 Å². The lowest BCUT2D eigenvalue weighted by Crippen LogP contribution is -2.32. The summed E-state index contributed by atoms with van der Waals surface area (Å²) in [6, 6.07) is 10.6. The van der Waals surface area contributed by atoms with E-state index in [2.05, 4.69) is 10.3 Å². The van der Waals surface area contributed by atoms with E-state index in [1.807, 2.05) is 39.8 Å². The first-order valence-corrected chi connectivity index (χ1v) is 9.86. The maximum Gasteiger partial charge on any atom is 0.260 e. The Bertz CT molecular complexity index is 881. The second-order valence-corrected chi connectivity index (χ2v) is 6.74. The van der Waals surface area contributed by atoms with Crippen LogP contribution in [0.3, 0.4) is 0 Å². The van der Waals surface area contributed by atoms with E-state index >= 15 is 0 Å². The highest BCUT2D eigenvalue weighted by Gasteiger charge is 2.18. The molecule has 2 heterocycles. The number of aryl methyl sites for hydroxylation is 1. The Labute approximate surface area is 172 Å². The number of amides is 1. The molecule has 3 rings (SSSR count). The number of rotatable bonds is 1. The van der Waals surface area contributed by atoms with Gasteiger partial charge in [-0.05, 0) is 43.5 Å². The molecule has 3 N–H and O–H groups in total. The molecule has 7 heteroatoms. The summed E-state index contributed by atoms with van der Waals surface area (Å²) in [7, 11) is 0. The van der Waals surface area contributed by atoms with Crippen molar-refractivity contribution in [2.24, 2.45) is 5.92 Å². The van der Waals surface area contributed by atoms with Gasteiger partial charge in [0.1, 0.15) is 17.3 Å². The Morgan fingerprint density at radius 2 is 2.03 bits per heavy atom. The molecule has 154 valence electrons. The van der Waals surface area contributed by atoms with E-state index in [4.69, 9.17) is 15.6 Å². The molecule has 7 nitrogen and oxygen atoms in total. The number of ether oxygens (including phenoxy) is 1. The van der Waals surface area contributed by atoms with Crippen molar-refractivity contribution in [1.82, 2.24) is 9.88 Å². The number of hydrogen-bond donors (Lipinski definition) is 3. The molecule has 1 amide bonds. The highest BCUT2D eigenvalue weighted by molar-refractivity contribution is 6.06. The van der Waals surface area contributed by atoms with Gasteiger partial charge in [0.25, 0.3) is 5.91 Å². The molecule has 0 saturated carbocycles. The quantitative estimate of drug-likeness (QED) is 0.494. The third-order valence-corrected chi connectivity index (χ3v) is 4.44. The normalized spacial score (nSPS) is 17.0. The molecule has 0 spiro atoms. The standard InChI is InChI=1S/C20H23N5O2.C2H6/c1-13-6-7-17-15(10-13)20(26)24-18-5-3-4-16(23-18)19(22)25(12-21)9-8-14(2)11-27-17;1-2/h3-7,10,12,14,21-22H,8-9,11H2,1-2H3,(H,23,24,26);1-2H3. The first kappa shape index (κ1) is 22.1. The number of nitrogens with zero attached hydrogens (tertiary/aromatic N) is 2. The second-order valence-electron chi connectivity index (χ2n) is 6.74. The third-order valence-electron chi connectivity index (χ3n) is 4.44. The lowest BCUT2D eigenvalue weighted by Gasteiger charge is -2.23. The summed E-state index contributed by atoms with van der Waals surface area (Å²) in [4.78, 5) is 18.7. The van der Waals surface area contributed by atoms with Crippen LogP contribution in [0.1, 0.15) is 48.8 Å². The molecule has 1 unspecified atom stereocenters. The van der Waals surface area contributed by atoms with Gasteiger partial charge in [-0.2, -0.15) is 0 Å². The van der Waals surface area contributed by atoms with Crippen LogP contribution >= 0.6 is 0 Å². The van der Waals surface area contributed by atoms with E-state index < -0.39 is 0 Å². The SMILES string of the molecule is CC.Cc1ccc2c(c1)C(=O)Nc1cccc(n1)C(=N)N(C=N)CCC(C)CO2. The van der Waals surface area contributed by atoms with Crippen LogP contribution in [0.2, 0.25) is 0 Å². The summed E-state index contributed by atoms with van der Waals surface area (Å²) in [6.45, 7) is 8.94. The number of fused-ring (bicyclic) bond motifs is 3. The number of hydrogen-bond acceptors (Lipinski definition) is 5. The number of amidine groups is 1. The van der Waals surface area contributed by atoms with Crippen LogP contribution in [0.5, 0.6) is 5.75 Å². The smallest absolute Gasteiger partial charge is 0.260 e. The zero-order chi connectivity index (χ0) is 21.4. The first-order valence-electron chi connectivity index (χ1n) is 9.86.